The smallest absolute Gasteiger partial charge is 0.191 e. The average Bonchev–Trinajstić information content (AvgIpc) is 2.27. The second-order valence-electron chi connectivity index (χ2n) is 3.13. The lowest BCUT2D eigenvalue weighted by molar-refractivity contribution is 0.136. The third-order valence-corrected chi connectivity index (χ3v) is 1.82. The van der Waals surface area contributed by atoms with Gasteiger partial charge in [-0.25, -0.2) is 0 Å². The molecule has 88 valence electrons. The lowest BCUT2D eigenvalue weighted by Crippen LogP contribution is -2.38. The van der Waals surface area contributed by atoms with E-state index < -0.39 is 0 Å². The summed E-state index contributed by atoms with van der Waals surface area (Å²) in [6, 6.07) is 0. The van der Waals surface area contributed by atoms with Crippen LogP contribution in [0.15, 0.2) is 17.6 Å². The van der Waals surface area contributed by atoms with Gasteiger partial charge < -0.3 is 15.4 Å². The lowest BCUT2D eigenvalue weighted by atomic mass is 10.4. The van der Waals surface area contributed by atoms with Crippen LogP contribution in [0.4, 0.5) is 0 Å². The van der Waals surface area contributed by atoms with Gasteiger partial charge in [0.2, 0.25) is 0 Å². The standard InChI is InChI=1S/C11H23N3O/c1-4-6-9-15-10-8-14-11(12-3)13-7-5-2/h5H,2,4,6-10H2,1,3H3,(H2,12,13,14). The fourth-order valence-corrected chi connectivity index (χ4v) is 0.980. The molecule has 15 heavy (non-hydrogen) atoms. The normalized spacial score (nSPS) is 11.2. The Bertz CT molecular complexity index is 181. The van der Waals surface area contributed by atoms with E-state index in [-0.39, 0.29) is 0 Å². The number of aliphatic imine (C=N–C) groups is 1. The van der Waals surface area contributed by atoms with E-state index in [1.54, 1.807) is 13.1 Å². The highest BCUT2D eigenvalue weighted by atomic mass is 16.5. The Kier molecular flexibility index (Phi) is 10.3. The maximum absolute atomic E-state index is 5.41. The van der Waals surface area contributed by atoms with Crippen molar-refractivity contribution < 1.29 is 4.74 Å². The van der Waals surface area contributed by atoms with E-state index in [0.717, 1.165) is 38.7 Å². The topological polar surface area (TPSA) is 45.7 Å². The minimum Gasteiger partial charge on any atom is -0.380 e. The Balaban J connectivity index is 3.35. The van der Waals surface area contributed by atoms with Crippen LogP contribution in [0.25, 0.3) is 0 Å². The van der Waals surface area contributed by atoms with Gasteiger partial charge in [0.15, 0.2) is 5.96 Å². The summed E-state index contributed by atoms with van der Waals surface area (Å²) in [6.45, 7) is 8.84. The molecule has 0 fully saturated rings. The summed E-state index contributed by atoms with van der Waals surface area (Å²) in [4.78, 5) is 4.05. The Hall–Kier alpha value is -1.03. The molecule has 0 heterocycles. The molecule has 0 amide bonds. The fraction of sp³-hybridized carbons (Fsp3) is 0.727. The molecule has 0 atom stereocenters. The molecule has 0 radical (unpaired) electrons. The zero-order chi connectivity index (χ0) is 11.4. The van der Waals surface area contributed by atoms with Gasteiger partial charge in [0.1, 0.15) is 0 Å². The summed E-state index contributed by atoms with van der Waals surface area (Å²) in [7, 11) is 1.75. The van der Waals surface area contributed by atoms with E-state index in [4.69, 9.17) is 4.74 Å². The molecule has 0 aromatic rings. The number of hydrogen-bond donors (Lipinski definition) is 2. The number of nitrogens with one attached hydrogen (secondary N) is 2. The van der Waals surface area contributed by atoms with Crippen LogP contribution in [0.2, 0.25) is 0 Å². The van der Waals surface area contributed by atoms with Gasteiger partial charge in [-0.2, -0.15) is 0 Å². The van der Waals surface area contributed by atoms with Crippen LogP contribution < -0.4 is 10.6 Å². The molecule has 0 aliphatic heterocycles. The average molecular weight is 213 g/mol. The van der Waals surface area contributed by atoms with Crippen molar-refractivity contribution in [1.29, 1.82) is 0 Å². The quantitative estimate of drug-likeness (QED) is 0.275. The molecule has 2 N–H and O–H groups in total. The van der Waals surface area contributed by atoms with E-state index in [1.807, 2.05) is 0 Å². The van der Waals surface area contributed by atoms with E-state index in [1.165, 1.54) is 6.42 Å². The number of rotatable bonds is 8. The lowest BCUT2D eigenvalue weighted by Gasteiger charge is -2.10. The van der Waals surface area contributed by atoms with Gasteiger partial charge in [-0.3, -0.25) is 4.99 Å². The summed E-state index contributed by atoms with van der Waals surface area (Å²) in [5.74, 6) is 0.786. The van der Waals surface area contributed by atoms with Gasteiger partial charge in [-0.05, 0) is 6.42 Å². The molecule has 0 saturated heterocycles. The SMILES string of the molecule is C=CCNC(=NC)NCCOCCCC. The predicted molar refractivity (Wildman–Crippen MR) is 65.3 cm³/mol. The summed E-state index contributed by atoms with van der Waals surface area (Å²) in [6.07, 6.45) is 4.10. The van der Waals surface area contributed by atoms with Crippen molar-refractivity contribution in [2.75, 3.05) is 33.4 Å². The van der Waals surface area contributed by atoms with Gasteiger partial charge in [0.25, 0.3) is 0 Å². The monoisotopic (exact) mass is 213 g/mol. The maximum atomic E-state index is 5.41. The number of unbranched alkanes of at least 4 members (excludes halogenated alkanes) is 1. The van der Waals surface area contributed by atoms with Gasteiger partial charge in [-0.1, -0.05) is 19.4 Å². The minimum atomic E-state index is 0.717. The largest absolute Gasteiger partial charge is 0.380 e. The van der Waals surface area contributed by atoms with Crippen molar-refractivity contribution in [3.8, 4) is 0 Å². The second-order valence-corrected chi connectivity index (χ2v) is 3.13. The molecule has 0 saturated carbocycles. The van der Waals surface area contributed by atoms with Crippen LogP contribution >= 0.6 is 0 Å². The molecule has 0 unspecified atom stereocenters. The van der Waals surface area contributed by atoms with Crippen LogP contribution in [0.1, 0.15) is 19.8 Å². The van der Waals surface area contributed by atoms with Crippen molar-refractivity contribution in [2.24, 2.45) is 4.99 Å². The highest BCUT2D eigenvalue weighted by molar-refractivity contribution is 5.79. The molecule has 0 aliphatic carbocycles. The summed E-state index contributed by atoms with van der Waals surface area (Å²) in [5, 5.41) is 6.23. The highest BCUT2D eigenvalue weighted by Crippen LogP contribution is 1.86. The van der Waals surface area contributed by atoms with Crippen molar-refractivity contribution in [3.63, 3.8) is 0 Å². The molecular formula is C11H23N3O. The first-order valence-electron chi connectivity index (χ1n) is 5.48. The van der Waals surface area contributed by atoms with Gasteiger partial charge in [-0.15, -0.1) is 6.58 Å². The summed E-state index contributed by atoms with van der Waals surface area (Å²) < 4.78 is 5.41. The summed E-state index contributed by atoms with van der Waals surface area (Å²) >= 11 is 0. The Morgan fingerprint density at radius 3 is 2.80 bits per heavy atom. The molecule has 0 aromatic heterocycles. The van der Waals surface area contributed by atoms with Crippen LogP contribution in [-0.4, -0.2) is 39.3 Å². The minimum absolute atomic E-state index is 0.717. The fourth-order valence-electron chi connectivity index (χ4n) is 0.980. The van der Waals surface area contributed by atoms with Crippen molar-refractivity contribution in [2.45, 2.75) is 19.8 Å². The number of nitrogens with zero attached hydrogens (tertiary/aromatic N) is 1. The first-order chi connectivity index (χ1) is 7.35. The second kappa shape index (κ2) is 11.0. The molecular weight excluding hydrogens is 190 g/mol. The van der Waals surface area contributed by atoms with Crippen LogP contribution in [0.3, 0.4) is 0 Å². The van der Waals surface area contributed by atoms with E-state index in [0.29, 0.717) is 0 Å². The molecule has 0 aliphatic rings. The van der Waals surface area contributed by atoms with Crippen molar-refractivity contribution in [3.05, 3.63) is 12.7 Å². The number of guanidine groups is 1. The van der Waals surface area contributed by atoms with Gasteiger partial charge >= 0.3 is 0 Å². The Labute approximate surface area is 92.8 Å². The first-order valence-corrected chi connectivity index (χ1v) is 5.48. The molecule has 0 bridgehead atoms. The van der Waals surface area contributed by atoms with Crippen LogP contribution in [-0.2, 0) is 4.74 Å². The van der Waals surface area contributed by atoms with E-state index >= 15 is 0 Å². The molecule has 0 rings (SSSR count). The number of hydrogen-bond acceptors (Lipinski definition) is 2. The van der Waals surface area contributed by atoms with Gasteiger partial charge in [0, 0.05) is 26.7 Å². The Morgan fingerprint density at radius 1 is 1.40 bits per heavy atom. The molecule has 4 nitrogen and oxygen atoms in total. The first kappa shape index (κ1) is 14.0. The van der Waals surface area contributed by atoms with Crippen molar-refractivity contribution >= 4 is 5.96 Å². The highest BCUT2D eigenvalue weighted by Gasteiger charge is 1.93. The zero-order valence-electron chi connectivity index (χ0n) is 9.88. The maximum Gasteiger partial charge on any atom is 0.191 e. The third kappa shape index (κ3) is 9.28. The predicted octanol–water partition coefficient (Wildman–Crippen LogP) is 1.15. The van der Waals surface area contributed by atoms with E-state index in [9.17, 15) is 0 Å². The zero-order valence-corrected chi connectivity index (χ0v) is 9.88. The molecule has 4 heteroatoms. The van der Waals surface area contributed by atoms with Crippen molar-refractivity contribution in [1.82, 2.24) is 10.6 Å². The van der Waals surface area contributed by atoms with Gasteiger partial charge in [0.05, 0.1) is 6.61 Å². The summed E-state index contributed by atoms with van der Waals surface area (Å²) in [5.41, 5.74) is 0. The molecule has 0 spiro atoms. The molecule has 0 aromatic carbocycles. The van der Waals surface area contributed by atoms with Crippen LogP contribution in [0, 0.1) is 0 Å². The van der Waals surface area contributed by atoms with Crippen LogP contribution in [0.5, 0.6) is 0 Å². The van der Waals surface area contributed by atoms with E-state index in [2.05, 4.69) is 29.1 Å². The number of ether oxygens (including phenoxy) is 1. The third-order valence-electron chi connectivity index (χ3n) is 1.82. The Morgan fingerprint density at radius 2 is 2.20 bits per heavy atom.